The summed E-state index contributed by atoms with van der Waals surface area (Å²) in [4.78, 5) is 24.4. The van der Waals surface area contributed by atoms with E-state index in [9.17, 15) is 14.9 Å². The summed E-state index contributed by atoms with van der Waals surface area (Å²) in [5, 5.41) is 19.5. The monoisotopic (exact) mass is 254 g/mol. The van der Waals surface area contributed by atoms with Gasteiger partial charge in [-0.25, -0.2) is 9.78 Å². The first-order valence-corrected chi connectivity index (χ1v) is 5.42. The minimum atomic E-state index is -1.30. The summed E-state index contributed by atoms with van der Waals surface area (Å²) in [5.74, 6) is -0.976. The van der Waals surface area contributed by atoms with Crippen LogP contribution in [0.5, 0.6) is 5.88 Å². The highest BCUT2D eigenvalue weighted by Crippen LogP contribution is 2.21. The molecule has 1 N–H and O–H groups in total. The second kappa shape index (κ2) is 5.95. The highest BCUT2D eigenvalue weighted by atomic mass is 16.6. The lowest BCUT2D eigenvalue weighted by Crippen LogP contribution is -2.08. The Hall–Kier alpha value is -2.18. The standard InChI is InChI=1S/C11H14N2O5/c1-7(2)3-4-18-10-9(11(14)15)5-8(6-12-10)13(16)17/h5-7H,3-4H2,1-2H3,(H,14,15). The van der Waals surface area contributed by atoms with Crippen molar-refractivity contribution in [3.63, 3.8) is 0 Å². The molecule has 0 spiro atoms. The number of carboxylic acids is 1. The van der Waals surface area contributed by atoms with Gasteiger partial charge in [0.25, 0.3) is 5.69 Å². The normalized spacial score (nSPS) is 10.4. The molecule has 1 heterocycles. The van der Waals surface area contributed by atoms with E-state index in [0.717, 1.165) is 18.7 Å². The van der Waals surface area contributed by atoms with E-state index in [1.54, 1.807) is 0 Å². The number of pyridine rings is 1. The lowest BCUT2D eigenvalue weighted by atomic mass is 10.1. The third-order valence-electron chi connectivity index (χ3n) is 2.21. The minimum absolute atomic E-state index is 0.0891. The van der Waals surface area contributed by atoms with Crippen LogP contribution in [0.15, 0.2) is 12.3 Å². The molecule has 7 nitrogen and oxygen atoms in total. The molecule has 0 aromatic carbocycles. The van der Waals surface area contributed by atoms with Gasteiger partial charge in [-0.2, -0.15) is 0 Å². The van der Waals surface area contributed by atoms with Crippen LogP contribution in [0, 0.1) is 16.0 Å². The Labute approximate surface area is 104 Å². The Balaban J connectivity index is 2.90. The number of nitro groups is 1. The quantitative estimate of drug-likeness (QED) is 0.616. The molecule has 0 radical (unpaired) electrons. The van der Waals surface area contributed by atoms with Gasteiger partial charge < -0.3 is 9.84 Å². The molecule has 0 aliphatic carbocycles. The van der Waals surface area contributed by atoms with Crippen LogP contribution in [0.3, 0.4) is 0 Å². The summed E-state index contributed by atoms with van der Waals surface area (Å²) >= 11 is 0. The Bertz CT molecular complexity index is 459. The molecule has 0 amide bonds. The largest absolute Gasteiger partial charge is 0.477 e. The molecule has 1 rings (SSSR count). The first-order valence-electron chi connectivity index (χ1n) is 5.42. The summed E-state index contributed by atoms with van der Waals surface area (Å²) < 4.78 is 5.23. The van der Waals surface area contributed by atoms with Crippen molar-refractivity contribution in [3.05, 3.63) is 27.9 Å². The Kier molecular flexibility index (Phi) is 4.59. The van der Waals surface area contributed by atoms with Crippen LogP contribution in [-0.4, -0.2) is 27.6 Å². The average molecular weight is 254 g/mol. The Morgan fingerprint density at radius 1 is 1.61 bits per heavy atom. The topological polar surface area (TPSA) is 103 Å². The summed E-state index contributed by atoms with van der Waals surface area (Å²) in [7, 11) is 0. The van der Waals surface area contributed by atoms with Crippen molar-refractivity contribution in [2.75, 3.05) is 6.61 Å². The number of hydrogen-bond acceptors (Lipinski definition) is 5. The van der Waals surface area contributed by atoms with Crippen LogP contribution < -0.4 is 4.74 Å². The first-order chi connectivity index (χ1) is 8.41. The van der Waals surface area contributed by atoms with Gasteiger partial charge in [-0.15, -0.1) is 0 Å². The fourth-order valence-electron chi connectivity index (χ4n) is 1.20. The van der Waals surface area contributed by atoms with Gasteiger partial charge in [-0.3, -0.25) is 10.1 Å². The van der Waals surface area contributed by atoms with Crippen LogP contribution >= 0.6 is 0 Å². The van der Waals surface area contributed by atoms with Crippen molar-refractivity contribution >= 4 is 11.7 Å². The van der Waals surface area contributed by atoms with Crippen molar-refractivity contribution in [1.82, 2.24) is 4.98 Å². The van der Waals surface area contributed by atoms with Crippen molar-refractivity contribution in [2.24, 2.45) is 5.92 Å². The van der Waals surface area contributed by atoms with E-state index in [2.05, 4.69) is 4.98 Å². The number of aromatic nitrogens is 1. The predicted octanol–water partition coefficient (Wildman–Crippen LogP) is 2.11. The molecule has 1 aromatic rings. The van der Waals surface area contributed by atoms with Gasteiger partial charge >= 0.3 is 5.97 Å². The summed E-state index contributed by atoms with van der Waals surface area (Å²) in [6.45, 7) is 4.33. The van der Waals surface area contributed by atoms with E-state index in [-0.39, 0.29) is 17.1 Å². The smallest absolute Gasteiger partial charge is 0.341 e. The van der Waals surface area contributed by atoms with Gasteiger partial charge in [-0.05, 0) is 12.3 Å². The summed E-state index contributed by atoms with van der Waals surface area (Å²) in [6, 6.07) is 0.944. The van der Waals surface area contributed by atoms with Gasteiger partial charge in [-0.1, -0.05) is 13.8 Å². The zero-order valence-electron chi connectivity index (χ0n) is 10.1. The zero-order chi connectivity index (χ0) is 13.7. The third kappa shape index (κ3) is 3.69. The maximum absolute atomic E-state index is 11.0. The fraction of sp³-hybridized carbons (Fsp3) is 0.455. The molecule has 0 atom stereocenters. The molecule has 0 fully saturated rings. The van der Waals surface area contributed by atoms with Crippen LogP contribution in [-0.2, 0) is 0 Å². The number of nitrogens with zero attached hydrogens (tertiary/aromatic N) is 2. The highest BCUT2D eigenvalue weighted by Gasteiger charge is 2.18. The van der Waals surface area contributed by atoms with Crippen LogP contribution in [0.1, 0.15) is 30.6 Å². The van der Waals surface area contributed by atoms with E-state index in [4.69, 9.17) is 9.84 Å². The van der Waals surface area contributed by atoms with Crippen molar-refractivity contribution < 1.29 is 19.6 Å². The van der Waals surface area contributed by atoms with Crippen LogP contribution in [0.2, 0.25) is 0 Å². The lowest BCUT2D eigenvalue weighted by Gasteiger charge is -2.09. The van der Waals surface area contributed by atoms with Gasteiger partial charge in [0, 0.05) is 6.07 Å². The molecule has 0 unspecified atom stereocenters. The fourth-order valence-corrected chi connectivity index (χ4v) is 1.20. The molecule has 1 aromatic heterocycles. The van der Waals surface area contributed by atoms with Crippen LogP contribution in [0.4, 0.5) is 5.69 Å². The van der Waals surface area contributed by atoms with Crippen molar-refractivity contribution in [1.29, 1.82) is 0 Å². The minimum Gasteiger partial charge on any atom is -0.477 e. The number of rotatable bonds is 6. The van der Waals surface area contributed by atoms with E-state index in [1.165, 1.54) is 0 Å². The molecular formula is C11H14N2O5. The Morgan fingerprint density at radius 3 is 2.78 bits per heavy atom. The molecule has 0 aliphatic heterocycles. The maximum atomic E-state index is 11.0. The molecule has 7 heteroatoms. The van der Waals surface area contributed by atoms with Crippen molar-refractivity contribution in [2.45, 2.75) is 20.3 Å². The highest BCUT2D eigenvalue weighted by molar-refractivity contribution is 5.90. The van der Waals surface area contributed by atoms with Crippen LogP contribution in [0.25, 0.3) is 0 Å². The molecule has 0 saturated carbocycles. The second-order valence-electron chi connectivity index (χ2n) is 4.14. The van der Waals surface area contributed by atoms with Gasteiger partial charge in [0.15, 0.2) is 0 Å². The van der Waals surface area contributed by atoms with E-state index in [1.807, 2.05) is 13.8 Å². The molecular weight excluding hydrogens is 240 g/mol. The van der Waals surface area contributed by atoms with Gasteiger partial charge in [0.2, 0.25) is 5.88 Å². The number of ether oxygens (including phenoxy) is 1. The van der Waals surface area contributed by atoms with Gasteiger partial charge in [0.1, 0.15) is 11.8 Å². The average Bonchev–Trinajstić information content (AvgIpc) is 2.28. The van der Waals surface area contributed by atoms with E-state index in [0.29, 0.717) is 12.5 Å². The molecule has 98 valence electrons. The molecule has 0 bridgehead atoms. The number of hydrogen-bond donors (Lipinski definition) is 1. The SMILES string of the molecule is CC(C)CCOc1ncc([N+](=O)[O-])cc1C(=O)O. The third-order valence-corrected chi connectivity index (χ3v) is 2.21. The lowest BCUT2D eigenvalue weighted by molar-refractivity contribution is -0.385. The van der Waals surface area contributed by atoms with Gasteiger partial charge in [0.05, 0.1) is 11.5 Å². The summed E-state index contributed by atoms with van der Waals surface area (Å²) in [6.07, 6.45) is 1.73. The van der Waals surface area contributed by atoms with E-state index < -0.39 is 10.9 Å². The zero-order valence-corrected chi connectivity index (χ0v) is 10.1. The van der Waals surface area contributed by atoms with Crippen molar-refractivity contribution in [3.8, 4) is 5.88 Å². The number of aromatic carboxylic acids is 1. The second-order valence-corrected chi connectivity index (χ2v) is 4.14. The number of carbonyl (C=O) groups is 1. The Morgan fingerprint density at radius 2 is 2.28 bits per heavy atom. The molecule has 18 heavy (non-hydrogen) atoms. The molecule has 0 saturated heterocycles. The number of carboxylic acid groups (broad SMARTS) is 1. The predicted molar refractivity (Wildman–Crippen MR) is 62.8 cm³/mol. The maximum Gasteiger partial charge on any atom is 0.341 e. The van der Waals surface area contributed by atoms with E-state index >= 15 is 0 Å². The first kappa shape index (κ1) is 13.9. The summed E-state index contributed by atoms with van der Waals surface area (Å²) in [5.41, 5.74) is -0.670. The molecule has 0 aliphatic rings.